The summed E-state index contributed by atoms with van der Waals surface area (Å²) in [6.07, 6.45) is 8.01. The van der Waals surface area contributed by atoms with Crippen molar-refractivity contribution in [3.63, 3.8) is 0 Å². The van der Waals surface area contributed by atoms with Crippen molar-refractivity contribution < 1.29 is 4.39 Å². The first kappa shape index (κ1) is 14.0. The van der Waals surface area contributed by atoms with Gasteiger partial charge in [-0.3, -0.25) is 4.68 Å². The first-order valence-corrected chi connectivity index (χ1v) is 7.44. The highest BCUT2D eigenvalue weighted by molar-refractivity contribution is 5.41. The molecule has 1 aliphatic heterocycles. The minimum atomic E-state index is -0.280. The number of aryl methyl sites for hydroxylation is 2. The molecule has 1 aliphatic rings. The predicted molar refractivity (Wildman–Crippen MR) is 78.8 cm³/mol. The van der Waals surface area contributed by atoms with Crippen LogP contribution in [0.25, 0.3) is 0 Å². The van der Waals surface area contributed by atoms with E-state index in [1.165, 1.54) is 6.33 Å². The maximum atomic E-state index is 14.4. The van der Waals surface area contributed by atoms with Gasteiger partial charge in [-0.1, -0.05) is 6.92 Å². The summed E-state index contributed by atoms with van der Waals surface area (Å²) in [5, 5.41) is 4.39. The van der Waals surface area contributed by atoms with Gasteiger partial charge in [-0.05, 0) is 31.7 Å². The molecule has 1 atom stereocenters. The lowest BCUT2D eigenvalue weighted by molar-refractivity contribution is 0.372. The third-order valence-corrected chi connectivity index (χ3v) is 3.98. The van der Waals surface area contributed by atoms with Crippen LogP contribution in [0, 0.1) is 12.7 Å². The molecule has 21 heavy (non-hydrogen) atoms. The van der Waals surface area contributed by atoms with Gasteiger partial charge in [0.15, 0.2) is 11.6 Å². The molecule has 0 amide bonds. The normalized spacial score (nSPS) is 19.0. The molecule has 0 spiro atoms. The van der Waals surface area contributed by atoms with Crippen LogP contribution in [0.2, 0.25) is 0 Å². The van der Waals surface area contributed by atoms with E-state index in [1.54, 1.807) is 0 Å². The van der Waals surface area contributed by atoms with Gasteiger partial charge in [0.1, 0.15) is 6.33 Å². The average Bonchev–Trinajstić information content (AvgIpc) is 2.94. The molecule has 1 saturated heterocycles. The zero-order valence-corrected chi connectivity index (χ0v) is 12.5. The van der Waals surface area contributed by atoms with E-state index in [0.717, 1.165) is 31.5 Å². The molecule has 2 aromatic rings. The van der Waals surface area contributed by atoms with Gasteiger partial charge in [0, 0.05) is 19.3 Å². The van der Waals surface area contributed by atoms with E-state index in [2.05, 4.69) is 15.1 Å². The van der Waals surface area contributed by atoms with Crippen LogP contribution in [-0.2, 0) is 6.42 Å². The molecule has 0 aromatic carbocycles. The lowest BCUT2D eigenvalue weighted by atomic mass is 10.1. The second-order valence-corrected chi connectivity index (χ2v) is 5.55. The van der Waals surface area contributed by atoms with Gasteiger partial charge in [-0.2, -0.15) is 5.10 Å². The summed E-state index contributed by atoms with van der Waals surface area (Å²) in [6, 6.07) is 0.270. The van der Waals surface area contributed by atoms with Crippen LogP contribution in [0.5, 0.6) is 0 Å². The molecular formula is C15H20FN5. The van der Waals surface area contributed by atoms with E-state index < -0.39 is 0 Å². The number of nitrogens with zero attached hydrogens (tertiary/aromatic N) is 5. The number of halogens is 1. The summed E-state index contributed by atoms with van der Waals surface area (Å²) in [6.45, 7) is 5.49. The van der Waals surface area contributed by atoms with E-state index in [0.29, 0.717) is 17.9 Å². The number of anilines is 1. The summed E-state index contributed by atoms with van der Waals surface area (Å²) in [4.78, 5) is 10.2. The summed E-state index contributed by atoms with van der Waals surface area (Å²) >= 11 is 0. The topological polar surface area (TPSA) is 46.8 Å². The molecular weight excluding hydrogens is 269 g/mol. The van der Waals surface area contributed by atoms with E-state index in [1.807, 2.05) is 35.8 Å². The van der Waals surface area contributed by atoms with Crippen LogP contribution in [0.4, 0.5) is 10.2 Å². The Kier molecular flexibility index (Phi) is 3.86. The molecule has 1 fully saturated rings. The zero-order valence-electron chi connectivity index (χ0n) is 12.5. The first-order valence-electron chi connectivity index (χ1n) is 7.44. The van der Waals surface area contributed by atoms with Crippen LogP contribution >= 0.6 is 0 Å². The summed E-state index contributed by atoms with van der Waals surface area (Å²) < 4.78 is 16.4. The molecule has 0 aliphatic carbocycles. The van der Waals surface area contributed by atoms with Crippen LogP contribution in [0.15, 0.2) is 18.7 Å². The van der Waals surface area contributed by atoms with E-state index in [9.17, 15) is 4.39 Å². The lowest BCUT2D eigenvalue weighted by Crippen LogP contribution is -2.38. The first-order chi connectivity index (χ1) is 10.2. The highest BCUT2D eigenvalue weighted by Gasteiger charge is 2.25. The molecule has 3 rings (SSSR count). The molecule has 5 nitrogen and oxygen atoms in total. The Bertz CT molecular complexity index is 624. The van der Waals surface area contributed by atoms with Crippen molar-refractivity contribution in [2.45, 2.75) is 39.2 Å². The van der Waals surface area contributed by atoms with Crippen molar-refractivity contribution in [2.24, 2.45) is 0 Å². The molecule has 0 saturated carbocycles. The fourth-order valence-electron chi connectivity index (χ4n) is 2.86. The molecule has 3 heterocycles. The number of hydrogen-bond donors (Lipinski definition) is 0. The molecule has 0 unspecified atom stereocenters. The SMILES string of the molecule is CCc1ncnc(N2CCC[C@@H](n3cc(C)cn3)C2)c1F. The quantitative estimate of drug-likeness (QED) is 0.871. The van der Waals surface area contributed by atoms with Crippen molar-refractivity contribution >= 4 is 5.82 Å². The highest BCUT2D eigenvalue weighted by atomic mass is 19.1. The second kappa shape index (κ2) is 5.79. The van der Waals surface area contributed by atoms with Gasteiger partial charge in [0.25, 0.3) is 0 Å². The van der Waals surface area contributed by atoms with Crippen LogP contribution < -0.4 is 4.90 Å². The van der Waals surface area contributed by atoms with Crippen molar-refractivity contribution in [3.05, 3.63) is 35.8 Å². The van der Waals surface area contributed by atoms with Crippen molar-refractivity contribution in [2.75, 3.05) is 18.0 Å². The Hall–Kier alpha value is -1.98. The maximum Gasteiger partial charge on any atom is 0.187 e. The van der Waals surface area contributed by atoms with Crippen LogP contribution in [0.1, 0.15) is 37.1 Å². The van der Waals surface area contributed by atoms with Gasteiger partial charge in [0.2, 0.25) is 0 Å². The maximum absolute atomic E-state index is 14.4. The third-order valence-electron chi connectivity index (χ3n) is 3.98. The Morgan fingerprint density at radius 2 is 2.24 bits per heavy atom. The molecule has 0 radical (unpaired) electrons. The summed E-state index contributed by atoms with van der Waals surface area (Å²) in [7, 11) is 0. The predicted octanol–water partition coefficient (Wildman–Crippen LogP) is 2.52. The number of hydrogen-bond acceptors (Lipinski definition) is 4. The number of aromatic nitrogens is 4. The van der Waals surface area contributed by atoms with Gasteiger partial charge >= 0.3 is 0 Å². The lowest BCUT2D eigenvalue weighted by Gasteiger charge is -2.33. The highest BCUT2D eigenvalue weighted by Crippen LogP contribution is 2.27. The fraction of sp³-hybridized carbons (Fsp3) is 0.533. The standard InChI is InChI=1S/C15H20FN5/c1-3-13-14(16)15(18-10-17-13)20-6-4-5-12(9-20)21-8-11(2)7-19-21/h7-8,10,12H,3-6,9H2,1-2H3/t12-/m1/s1. The van der Waals surface area contributed by atoms with Gasteiger partial charge in [-0.25, -0.2) is 14.4 Å². The summed E-state index contributed by atoms with van der Waals surface area (Å²) in [5.41, 5.74) is 1.63. The Balaban J connectivity index is 1.83. The van der Waals surface area contributed by atoms with E-state index >= 15 is 0 Å². The van der Waals surface area contributed by atoms with Crippen LogP contribution in [-0.4, -0.2) is 32.8 Å². The molecule has 6 heteroatoms. The van der Waals surface area contributed by atoms with Crippen LogP contribution in [0.3, 0.4) is 0 Å². The van der Waals surface area contributed by atoms with Crippen molar-refractivity contribution in [3.8, 4) is 0 Å². The second-order valence-electron chi connectivity index (χ2n) is 5.55. The van der Waals surface area contributed by atoms with Crippen molar-refractivity contribution in [1.82, 2.24) is 19.7 Å². The molecule has 0 bridgehead atoms. The van der Waals surface area contributed by atoms with E-state index in [-0.39, 0.29) is 11.9 Å². The van der Waals surface area contributed by atoms with E-state index in [4.69, 9.17) is 0 Å². The Labute approximate surface area is 123 Å². The molecule has 112 valence electrons. The number of rotatable bonds is 3. The number of piperidine rings is 1. The summed E-state index contributed by atoms with van der Waals surface area (Å²) in [5.74, 6) is 0.146. The van der Waals surface area contributed by atoms with Gasteiger partial charge in [-0.15, -0.1) is 0 Å². The molecule has 2 aromatic heterocycles. The monoisotopic (exact) mass is 289 g/mol. The minimum Gasteiger partial charge on any atom is -0.352 e. The minimum absolute atomic E-state index is 0.270. The third kappa shape index (κ3) is 2.75. The van der Waals surface area contributed by atoms with Crippen molar-refractivity contribution in [1.29, 1.82) is 0 Å². The Morgan fingerprint density at radius 1 is 1.38 bits per heavy atom. The zero-order chi connectivity index (χ0) is 14.8. The van der Waals surface area contributed by atoms with Gasteiger partial charge in [0.05, 0.1) is 17.9 Å². The average molecular weight is 289 g/mol. The fourth-order valence-corrected chi connectivity index (χ4v) is 2.86. The molecule has 0 N–H and O–H groups in total. The van der Waals surface area contributed by atoms with Gasteiger partial charge < -0.3 is 4.90 Å². The Morgan fingerprint density at radius 3 is 2.95 bits per heavy atom. The smallest absolute Gasteiger partial charge is 0.187 e. The largest absolute Gasteiger partial charge is 0.352 e.